The Balaban J connectivity index is 1.35. The molecule has 22 heavy (non-hydrogen) atoms. The smallest absolute Gasteiger partial charge is 0.129 e. The van der Waals surface area contributed by atoms with Gasteiger partial charge in [0.15, 0.2) is 0 Å². The quantitative estimate of drug-likeness (QED) is 0.284. The molecule has 4 atom stereocenters. The van der Waals surface area contributed by atoms with E-state index in [1.807, 2.05) is 0 Å². The minimum Gasteiger partial charge on any atom is -0.369 e. The zero-order chi connectivity index (χ0) is 15.8. The Morgan fingerprint density at radius 1 is 0.909 bits per heavy atom. The fourth-order valence-electron chi connectivity index (χ4n) is 3.08. The molecule has 0 aliphatic carbocycles. The van der Waals surface area contributed by atoms with Crippen LogP contribution in [-0.4, -0.2) is 30.2 Å². The highest BCUT2D eigenvalue weighted by Crippen LogP contribution is 2.37. The van der Waals surface area contributed by atoms with Crippen molar-refractivity contribution in [1.29, 1.82) is 0 Å². The second kappa shape index (κ2) is 9.46. The van der Waals surface area contributed by atoms with Gasteiger partial charge >= 0.3 is 0 Å². The lowest BCUT2D eigenvalue weighted by molar-refractivity contribution is -0.117. The van der Waals surface area contributed by atoms with E-state index in [1.165, 1.54) is 32.1 Å². The molecule has 0 aromatic heterocycles. The molecule has 2 rings (SSSR count). The lowest BCUT2D eigenvalue weighted by atomic mass is 10.1. The second-order valence-electron chi connectivity index (χ2n) is 6.79. The lowest BCUT2D eigenvalue weighted by Gasteiger charge is -1.98. The highest BCUT2D eigenvalue weighted by atomic mass is 16.6. The Hall–Kier alpha value is -0.670. The minimum absolute atomic E-state index is 0.321. The van der Waals surface area contributed by atoms with Crippen molar-refractivity contribution in [3.63, 3.8) is 0 Å². The van der Waals surface area contributed by atoms with Crippen LogP contribution in [0.5, 0.6) is 0 Å². The van der Waals surface area contributed by atoms with Crippen LogP contribution in [-0.2, 0) is 14.3 Å². The van der Waals surface area contributed by atoms with E-state index >= 15 is 0 Å². The summed E-state index contributed by atoms with van der Waals surface area (Å²) in [5, 5.41) is 0. The van der Waals surface area contributed by atoms with Crippen molar-refractivity contribution in [2.75, 3.05) is 0 Å². The number of rotatable bonds is 13. The Labute approximate surface area is 135 Å². The van der Waals surface area contributed by atoms with E-state index in [-0.39, 0.29) is 0 Å². The Kier molecular flexibility index (Phi) is 7.61. The van der Waals surface area contributed by atoms with Gasteiger partial charge in [-0.1, -0.05) is 38.3 Å². The molecule has 3 nitrogen and oxygen atoms in total. The summed E-state index contributed by atoms with van der Waals surface area (Å²) in [6.07, 6.45) is 17.8. The van der Waals surface area contributed by atoms with Crippen molar-refractivity contribution in [1.82, 2.24) is 0 Å². The number of unbranched alkanes of at least 4 members (excludes halogenated alkanes) is 5. The van der Waals surface area contributed by atoms with Crippen LogP contribution in [0.15, 0.2) is 12.2 Å². The van der Waals surface area contributed by atoms with Gasteiger partial charge in [0, 0.05) is 12.8 Å². The first-order valence-corrected chi connectivity index (χ1v) is 9.16. The number of ketones is 1. The molecule has 0 spiro atoms. The van der Waals surface area contributed by atoms with Crippen molar-refractivity contribution in [2.45, 2.75) is 102 Å². The number of carbonyl (C=O) groups excluding carboxylic acids is 1. The molecule has 4 unspecified atom stereocenters. The monoisotopic (exact) mass is 308 g/mol. The molecule has 126 valence electrons. The summed E-state index contributed by atoms with van der Waals surface area (Å²) >= 11 is 0. The predicted octanol–water partition coefficient (Wildman–Crippen LogP) is 4.59. The van der Waals surface area contributed by atoms with Crippen LogP contribution >= 0.6 is 0 Å². The molecule has 0 N–H and O–H groups in total. The maximum absolute atomic E-state index is 10.8. The van der Waals surface area contributed by atoms with Crippen molar-refractivity contribution < 1.29 is 14.3 Å². The highest BCUT2D eigenvalue weighted by Gasteiger charge is 2.46. The van der Waals surface area contributed by atoms with Gasteiger partial charge in [0.05, 0.1) is 24.4 Å². The summed E-state index contributed by atoms with van der Waals surface area (Å²) in [6.45, 7) is 3.86. The first-order chi connectivity index (χ1) is 10.7. The molecule has 2 heterocycles. The van der Waals surface area contributed by atoms with Gasteiger partial charge < -0.3 is 14.3 Å². The molecule has 0 aromatic rings. The Morgan fingerprint density at radius 2 is 1.59 bits per heavy atom. The summed E-state index contributed by atoms with van der Waals surface area (Å²) in [4.78, 5) is 10.8. The predicted molar refractivity (Wildman–Crippen MR) is 89.0 cm³/mol. The van der Waals surface area contributed by atoms with E-state index in [4.69, 9.17) is 9.47 Å². The SMILES string of the molecule is CCC1OC1CC1OC1C/C=C\CCCCCCCC(C)=O. The van der Waals surface area contributed by atoms with Gasteiger partial charge in [0.1, 0.15) is 5.78 Å². The molecule has 0 bridgehead atoms. The van der Waals surface area contributed by atoms with Crippen LogP contribution in [0.2, 0.25) is 0 Å². The third-order valence-electron chi connectivity index (χ3n) is 4.68. The Bertz CT molecular complexity index is 364. The molecule has 3 heteroatoms. The first-order valence-electron chi connectivity index (χ1n) is 9.16. The number of carbonyl (C=O) groups is 1. The average Bonchev–Trinajstić information content (AvgIpc) is 3.39. The van der Waals surface area contributed by atoms with Gasteiger partial charge in [-0.15, -0.1) is 0 Å². The maximum atomic E-state index is 10.8. The molecule has 2 aliphatic rings. The fourth-order valence-corrected chi connectivity index (χ4v) is 3.08. The van der Waals surface area contributed by atoms with Crippen LogP contribution in [0.25, 0.3) is 0 Å². The zero-order valence-electron chi connectivity index (χ0n) is 14.3. The minimum atomic E-state index is 0.321. The summed E-state index contributed by atoms with van der Waals surface area (Å²) in [5.41, 5.74) is 0. The highest BCUT2D eigenvalue weighted by molar-refractivity contribution is 5.75. The van der Waals surface area contributed by atoms with Gasteiger partial charge in [-0.3, -0.25) is 0 Å². The zero-order valence-corrected chi connectivity index (χ0v) is 14.3. The molecular weight excluding hydrogens is 276 g/mol. The van der Waals surface area contributed by atoms with Gasteiger partial charge in [-0.25, -0.2) is 0 Å². The number of allylic oxidation sites excluding steroid dienone is 1. The summed E-state index contributed by atoms with van der Waals surface area (Å²) < 4.78 is 11.3. The third-order valence-corrected chi connectivity index (χ3v) is 4.68. The summed E-state index contributed by atoms with van der Waals surface area (Å²) in [7, 11) is 0. The van der Waals surface area contributed by atoms with Gasteiger partial charge in [-0.2, -0.15) is 0 Å². The average molecular weight is 308 g/mol. The number of epoxide rings is 2. The molecule has 0 radical (unpaired) electrons. The van der Waals surface area contributed by atoms with Crippen LogP contribution in [0.1, 0.15) is 78.1 Å². The van der Waals surface area contributed by atoms with Crippen LogP contribution in [0.3, 0.4) is 0 Å². The number of hydrogen-bond donors (Lipinski definition) is 0. The molecule has 0 saturated carbocycles. The van der Waals surface area contributed by atoms with Crippen molar-refractivity contribution in [3.05, 3.63) is 12.2 Å². The van der Waals surface area contributed by atoms with Crippen molar-refractivity contribution in [3.8, 4) is 0 Å². The Morgan fingerprint density at radius 3 is 2.32 bits per heavy atom. The van der Waals surface area contributed by atoms with E-state index in [0.29, 0.717) is 30.2 Å². The van der Waals surface area contributed by atoms with E-state index < -0.39 is 0 Å². The van der Waals surface area contributed by atoms with Gasteiger partial charge in [-0.05, 0) is 39.0 Å². The van der Waals surface area contributed by atoms with E-state index in [1.54, 1.807) is 6.92 Å². The topological polar surface area (TPSA) is 42.1 Å². The van der Waals surface area contributed by atoms with Crippen molar-refractivity contribution in [2.24, 2.45) is 0 Å². The number of hydrogen-bond acceptors (Lipinski definition) is 3. The van der Waals surface area contributed by atoms with Crippen LogP contribution < -0.4 is 0 Å². The molecule has 0 aromatic carbocycles. The van der Waals surface area contributed by atoms with E-state index in [0.717, 1.165) is 32.1 Å². The summed E-state index contributed by atoms with van der Waals surface area (Å²) in [6, 6.07) is 0. The third kappa shape index (κ3) is 7.06. The maximum Gasteiger partial charge on any atom is 0.129 e. The largest absolute Gasteiger partial charge is 0.369 e. The molecular formula is C19H32O3. The molecule has 2 aliphatic heterocycles. The van der Waals surface area contributed by atoms with Gasteiger partial charge in [0.2, 0.25) is 0 Å². The molecule has 2 saturated heterocycles. The van der Waals surface area contributed by atoms with E-state index in [9.17, 15) is 4.79 Å². The van der Waals surface area contributed by atoms with Gasteiger partial charge in [0.25, 0.3) is 0 Å². The molecule has 0 amide bonds. The normalized spacial score (nSPS) is 29.9. The van der Waals surface area contributed by atoms with Crippen LogP contribution in [0, 0.1) is 0 Å². The van der Waals surface area contributed by atoms with Crippen molar-refractivity contribution >= 4 is 5.78 Å². The number of ether oxygens (including phenoxy) is 2. The van der Waals surface area contributed by atoms with Crippen LogP contribution in [0.4, 0.5) is 0 Å². The fraction of sp³-hybridized carbons (Fsp3) is 0.842. The van der Waals surface area contributed by atoms with E-state index in [2.05, 4.69) is 19.1 Å². The second-order valence-corrected chi connectivity index (χ2v) is 6.79. The lowest BCUT2D eigenvalue weighted by Crippen LogP contribution is -2.00. The molecule has 2 fully saturated rings. The standard InChI is InChI=1S/C19H32O3/c1-3-16-18(21-16)14-19-17(22-19)13-11-9-7-5-4-6-8-10-12-15(2)20/h9,11,16-19H,3-8,10,12-14H2,1-2H3/b11-9-. The first kappa shape index (κ1) is 17.7. The summed E-state index contributed by atoms with van der Waals surface area (Å²) in [5.74, 6) is 0.321. The number of Topliss-reactive ketones (excluding diaryl/α,β-unsaturated/α-hetero) is 1.